The summed E-state index contributed by atoms with van der Waals surface area (Å²) in [7, 11) is 0. The minimum atomic E-state index is -4.90. The second-order valence-electron chi connectivity index (χ2n) is 3.31. The van der Waals surface area contributed by atoms with Gasteiger partial charge in [0.05, 0.1) is 17.7 Å². The number of ether oxygens (including phenoxy) is 1. The Morgan fingerprint density at radius 3 is 1.67 bits per heavy atom. The van der Waals surface area contributed by atoms with Gasteiger partial charge in [-0.25, -0.2) is 0 Å². The van der Waals surface area contributed by atoms with Crippen LogP contribution >= 0.6 is 0 Å². The molecule has 0 aromatic heterocycles. The van der Waals surface area contributed by atoms with Gasteiger partial charge in [0.1, 0.15) is 12.4 Å². The lowest BCUT2D eigenvalue weighted by molar-refractivity contribution is -0.143. The molecule has 0 aliphatic carbocycles. The van der Waals surface area contributed by atoms with E-state index in [0.717, 1.165) is 0 Å². The Kier molecular flexibility index (Phi) is 4.10. The van der Waals surface area contributed by atoms with Crippen LogP contribution in [0.3, 0.4) is 0 Å². The van der Waals surface area contributed by atoms with Gasteiger partial charge in [-0.3, -0.25) is 0 Å². The summed E-state index contributed by atoms with van der Waals surface area (Å²) < 4.78 is 78.9. The van der Waals surface area contributed by atoms with E-state index in [-0.39, 0.29) is 6.07 Å². The van der Waals surface area contributed by atoms with Crippen molar-refractivity contribution in [2.45, 2.75) is 12.4 Å². The first-order chi connectivity index (χ1) is 8.14. The summed E-state index contributed by atoms with van der Waals surface area (Å²) in [5.74, 6) is -0.591. The Morgan fingerprint density at radius 2 is 1.33 bits per heavy atom. The van der Waals surface area contributed by atoms with Crippen molar-refractivity contribution in [1.29, 1.82) is 0 Å². The third-order valence-corrected chi connectivity index (χ3v) is 1.92. The third-order valence-electron chi connectivity index (χ3n) is 1.92. The fourth-order valence-electron chi connectivity index (χ4n) is 1.17. The molecule has 0 amide bonds. The van der Waals surface area contributed by atoms with Crippen molar-refractivity contribution < 1.29 is 36.2 Å². The number of rotatable bonds is 3. The molecule has 0 spiro atoms. The van der Waals surface area contributed by atoms with Gasteiger partial charge in [-0.2, -0.15) is 26.3 Å². The smallest absolute Gasteiger partial charge is 0.416 e. The van der Waals surface area contributed by atoms with Crippen molar-refractivity contribution in [3.63, 3.8) is 0 Å². The van der Waals surface area contributed by atoms with Gasteiger partial charge in [0, 0.05) is 0 Å². The highest BCUT2D eigenvalue weighted by Crippen LogP contribution is 2.38. The summed E-state index contributed by atoms with van der Waals surface area (Å²) >= 11 is 0. The maximum atomic E-state index is 12.4. The highest BCUT2D eigenvalue weighted by Gasteiger charge is 2.37. The molecule has 0 radical (unpaired) electrons. The van der Waals surface area contributed by atoms with Crippen LogP contribution in [0.15, 0.2) is 18.2 Å². The largest absolute Gasteiger partial charge is 0.491 e. The van der Waals surface area contributed by atoms with E-state index < -0.39 is 42.4 Å². The standard InChI is InChI=1S/C10H8F6O2/c11-9(12,13)6-3-7(10(14,15)16)5-8(4-6)18-2-1-17/h3-5,17H,1-2H2. The number of halogens is 6. The van der Waals surface area contributed by atoms with Gasteiger partial charge in [0.2, 0.25) is 0 Å². The van der Waals surface area contributed by atoms with Crippen LogP contribution in [0.2, 0.25) is 0 Å². The fraction of sp³-hybridized carbons (Fsp3) is 0.400. The van der Waals surface area contributed by atoms with E-state index in [0.29, 0.717) is 12.1 Å². The van der Waals surface area contributed by atoms with Gasteiger partial charge in [0.25, 0.3) is 0 Å². The van der Waals surface area contributed by atoms with Crippen LogP contribution in [0, 0.1) is 0 Å². The Balaban J connectivity index is 3.21. The van der Waals surface area contributed by atoms with Crippen molar-refractivity contribution in [1.82, 2.24) is 0 Å². The molecular formula is C10H8F6O2. The van der Waals surface area contributed by atoms with Gasteiger partial charge in [-0.15, -0.1) is 0 Å². The van der Waals surface area contributed by atoms with Crippen LogP contribution in [0.5, 0.6) is 5.75 Å². The third kappa shape index (κ3) is 3.80. The Labute approximate surface area is 97.8 Å². The molecule has 1 N–H and O–H groups in total. The zero-order valence-corrected chi connectivity index (χ0v) is 8.77. The molecule has 1 aromatic rings. The molecule has 0 unspecified atom stereocenters. The molecule has 2 nitrogen and oxygen atoms in total. The van der Waals surface area contributed by atoms with Crippen molar-refractivity contribution >= 4 is 0 Å². The number of benzene rings is 1. The molecule has 0 aliphatic rings. The molecule has 0 saturated carbocycles. The van der Waals surface area contributed by atoms with Crippen LogP contribution in [0.1, 0.15) is 11.1 Å². The summed E-state index contributed by atoms with van der Waals surface area (Å²) in [6, 6.07) is 0.904. The van der Waals surface area contributed by atoms with E-state index in [1.807, 2.05) is 0 Å². The normalized spacial score (nSPS) is 12.6. The number of hydrogen-bond donors (Lipinski definition) is 1. The number of aliphatic hydroxyl groups is 1. The van der Waals surface area contributed by atoms with E-state index in [4.69, 9.17) is 5.11 Å². The predicted molar refractivity (Wildman–Crippen MR) is 49.0 cm³/mol. The van der Waals surface area contributed by atoms with Gasteiger partial charge < -0.3 is 9.84 Å². The SMILES string of the molecule is OCCOc1cc(C(F)(F)F)cc(C(F)(F)F)c1. The molecule has 0 atom stereocenters. The lowest BCUT2D eigenvalue weighted by atomic mass is 10.1. The van der Waals surface area contributed by atoms with E-state index in [1.54, 1.807) is 0 Å². The highest BCUT2D eigenvalue weighted by atomic mass is 19.4. The van der Waals surface area contributed by atoms with Crippen molar-refractivity contribution in [3.05, 3.63) is 29.3 Å². The fourth-order valence-corrected chi connectivity index (χ4v) is 1.17. The number of aliphatic hydroxyl groups excluding tert-OH is 1. The van der Waals surface area contributed by atoms with Crippen molar-refractivity contribution in [3.8, 4) is 5.75 Å². The van der Waals surface area contributed by atoms with Gasteiger partial charge >= 0.3 is 12.4 Å². The van der Waals surface area contributed by atoms with E-state index in [2.05, 4.69) is 4.74 Å². The molecule has 0 saturated heterocycles. The maximum Gasteiger partial charge on any atom is 0.416 e. The van der Waals surface area contributed by atoms with Gasteiger partial charge in [0.15, 0.2) is 0 Å². The monoisotopic (exact) mass is 274 g/mol. The van der Waals surface area contributed by atoms with Crippen molar-refractivity contribution in [2.24, 2.45) is 0 Å². The second-order valence-corrected chi connectivity index (χ2v) is 3.31. The minimum absolute atomic E-state index is 0.00576. The molecule has 0 fully saturated rings. The molecule has 1 aromatic carbocycles. The molecule has 8 heteroatoms. The summed E-state index contributed by atoms with van der Waals surface area (Å²) in [4.78, 5) is 0. The summed E-state index contributed by atoms with van der Waals surface area (Å²) in [5, 5.41) is 8.42. The van der Waals surface area contributed by atoms with E-state index in [1.165, 1.54) is 0 Å². The average Bonchev–Trinajstić information content (AvgIpc) is 2.23. The Bertz CT molecular complexity index is 378. The van der Waals surface area contributed by atoms with E-state index >= 15 is 0 Å². The Hall–Kier alpha value is -1.44. The quantitative estimate of drug-likeness (QED) is 0.858. The van der Waals surface area contributed by atoms with Crippen LogP contribution in [0.25, 0.3) is 0 Å². The molecule has 102 valence electrons. The lowest BCUT2D eigenvalue weighted by Crippen LogP contribution is -2.12. The zero-order valence-electron chi connectivity index (χ0n) is 8.77. The number of alkyl halides is 6. The maximum absolute atomic E-state index is 12.4. The first-order valence-electron chi connectivity index (χ1n) is 4.67. The number of hydrogen-bond acceptors (Lipinski definition) is 2. The molecule has 0 bridgehead atoms. The van der Waals surface area contributed by atoms with Gasteiger partial charge in [-0.05, 0) is 18.2 Å². The van der Waals surface area contributed by atoms with Crippen molar-refractivity contribution in [2.75, 3.05) is 13.2 Å². The van der Waals surface area contributed by atoms with Crippen LogP contribution in [-0.2, 0) is 12.4 Å². The molecule has 18 heavy (non-hydrogen) atoms. The zero-order chi connectivity index (χ0) is 14.0. The molecule has 1 rings (SSSR count). The highest BCUT2D eigenvalue weighted by molar-refractivity contribution is 5.37. The molecule has 0 heterocycles. The molecule has 0 aliphatic heterocycles. The summed E-state index contributed by atoms with van der Waals surface area (Å²) in [6.45, 7) is -0.907. The summed E-state index contributed by atoms with van der Waals surface area (Å²) in [6.07, 6.45) is -9.81. The minimum Gasteiger partial charge on any atom is -0.491 e. The second kappa shape index (κ2) is 5.05. The van der Waals surface area contributed by atoms with Crippen LogP contribution in [-0.4, -0.2) is 18.3 Å². The average molecular weight is 274 g/mol. The Morgan fingerprint density at radius 1 is 0.889 bits per heavy atom. The topological polar surface area (TPSA) is 29.5 Å². The first kappa shape index (κ1) is 14.6. The predicted octanol–water partition coefficient (Wildman–Crippen LogP) is 3.10. The van der Waals surface area contributed by atoms with Crippen LogP contribution in [0.4, 0.5) is 26.3 Å². The molecular weight excluding hydrogens is 266 g/mol. The summed E-state index contributed by atoms with van der Waals surface area (Å²) in [5.41, 5.74) is -2.91. The lowest BCUT2D eigenvalue weighted by Gasteiger charge is -2.14. The first-order valence-corrected chi connectivity index (χ1v) is 4.67. The van der Waals surface area contributed by atoms with Crippen LogP contribution < -0.4 is 4.74 Å². The van der Waals surface area contributed by atoms with E-state index in [9.17, 15) is 26.3 Å². The van der Waals surface area contributed by atoms with Gasteiger partial charge in [-0.1, -0.05) is 0 Å².